The van der Waals surface area contributed by atoms with Crippen LogP contribution in [-0.4, -0.2) is 9.55 Å². The molecule has 3 nitrogen and oxygen atoms in total. The molecule has 0 N–H and O–H groups in total. The molecule has 0 atom stereocenters. The Balaban J connectivity index is 0.00000579. The molecule has 0 saturated heterocycles. The third kappa shape index (κ3) is 6.49. The number of fused-ring (bicyclic) bond motifs is 9. The van der Waals surface area contributed by atoms with Gasteiger partial charge in [0.15, 0.2) is 0 Å². The van der Waals surface area contributed by atoms with Crippen LogP contribution >= 0.6 is 0 Å². The zero-order valence-electron chi connectivity index (χ0n) is 45.6. The Morgan fingerprint density at radius 1 is 0.385 bits per heavy atom. The number of rotatable bonds is 7. The van der Waals surface area contributed by atoms with E-state index in [9.17, 15) is 0 Å². The summed E-state index contributed by atoms with van der Waals surface area (Å²) >= 11 is 0. The van der Waals surface area contributed by atoms with E-state index in [0.717, 1.165) is 33.5 Å². The molecule has 78 heavy (non-hydrogen) atoms. The van der Waals surface area contributed by atoms with Crippen LogP contribution in [0.1, 0.15) is 106 Å². The van der Waals surface area contributed by atoms with Gasteiger partial charge in [0.05, 0.1) is 18.2 Å². The number of pyridine rings is 1. The van der Waals surface area contributed by atoms with E-state index in [1.807, 2.05) is 10.8 Å². The molecular weight excluding hydrogens is 1130 g/mol. The van der Waals surface area contributed by atoms with E-state index in [-0.39, 0.29) is 21.1 Å². The Labute approximate surface area is 474 Å². The van der Waals surface area contributed by atoms with Gasteiger partial charge in [0.25, 0.3) is 0 Å². The zero-order valence-corrected chi connectivity index (χ0v) is 47.9. The molecule has 0 fully saturated rings. The molecule has 3 aliphatic carbocycles. The number of aryl methyl sites for hydroxylation is 9. The van der Waals surface area contributed by atoms with Gasteiger partial charge in [-0.25, -0.2) is 0 Å². The fourth-order valence-electron chi connectivity index (χ4n) is 14.9. The van der Waals surface area contributed by atoms with Crippen LogP contribution in [0.4, 0.5) is 0 Å². The maximum atomic E-state index is 5.52. The first-order valence-electron chi connectivity index (χ1n) is 27.1. The van der Waals surface area contributed by atoms with Gasteiger partial charge in [-0.15, -0.1) is 22.3 Å². The molecule has 0 amide bonds. The molecule has 0 unspecified atom stereocenters. The minimum atomic E-state index is -0.858. The van der Waals surface area contributed by atoms with Crippen LogP contribution in [0.2, 0.25) is 0 Å². The Kier molecular flexibility index (Phi) is 11.5. The van der Waals surface area contributed by atoms with Crippen molar-refractivity contribution < 1.29 is 25.6 Å². The first kappa shape index (κ1) is 49.6. The summed E-state index contributed by atoms with van der Waals surface area (Å²) in [6.45, 7) is 18.0. The summed E-state index contributed by atoms with van der Waals surface area (Å²) in [4.78, 5) is 5.52. The van der Waals surface area contributed by atoms with E-state index in [2.05, 4.69) is 274 Å². The number of aromatic nitrogens is 3. The van der Waals surface area contributed by atoms with Crippen LogP contribution in [0.15, 0.2) is 195 Å². The quantitative estimate of drug-likeness (QED) is 0.115. The summed E-state index contributed by atoms with van der Waals surface area (Å²) < 4.78 is 4.34. The number of imidazole rings is 1. The molecule has 9 aromatic carbocycles. The number of benzene rings is 9. The molecule has 14 rings (SSSR count). The SMILES string of the molecule is Cc1cccc(C)c1-c1ccnc(C2(c3[c-]c(C4(c5[c-]c(C6(n7[c-][n+](C)cc7)c7cccc(C)c7-c7c(C)cccc76)ccc5)c5cccc(C)c5-c5c(C)cccc54)ccc3)c3cccc(C)c3-c3c(C)cccc32)c1.[Pt]. The Hall–Kier alpha value is -7.97. The van der Waals surface area contributed by atoms with E-state index in [1.165, 1.54) is 117 Å². The molecule has 11 aromatic rings. The van der Waals surface area contributed by atoms with Gasteiger partial charge < -0.3 is 9.13 Å². The Bertz CT molecular complexity index is 4130. The summed E-state index contributed by atoms with van der Waals surface area (Å²) in [5.74, 6) is 0. The van der Waals surface area contributed by atoms with Gasteiger partial charge in [0.2, 0.25) is 6.33 Å². The van der Waals surface area contributed by atoms with Crippen LogP contribution in [-0.2, 0) is 44.5 Å². The number of hydrogen-bond acceptors (Lipinski definition) is 1. The second kappa shape index (κ2) is 18.1. The fourth-order valence-corrected chi connectivity index (χ4v) is 14.9. The second-order valence-electron chi connectivity index (χ2n) is 22.2. The molecule has 382 valence electrons. The molecule has 0 bridgehead atoms. The van der Waals surface area contributed by atoms with Crippen molar-refractivity contribution in [1.29, 1.82) is 0 Å². The van der Waals surface area contributed by atoms with Crippen molar-refractivity contribution in [2.45, 2.75) is 71.8 Å². The van der Waals surface area contributed by atoms with Gasteiger partial charge in [0.1, 0.15) is 5.54 Å². The van der Waals surface area contributed by atoms with Crippen molar-refractivity contribution in [2.24, 2.45) is 7.05 Å². The van der Waals surface area contributed by atoms with Crippen LogP contribution in [0.5, 0.6) is 0 Å². The monoisotopic (exact) mass is 1180 g/mol. The van der Waals surface area contributed by atoms with E-state index in [0.29, 0.717) is 0 Å². The van der Waals surface area contributed by atoms with E-state index >= 15 is 0 Å². The number of nitrogens with zero attached hydrogens (tertiary/aromatic N) is 3. The van der Waals surface area contributed by atoms with Gasteiger partial charge in [-0.1, -0.05) is 127 Å². The number of hydrogen-bond donors (Lipinski definition) is 0. The van der Waals surface area contributed by atoms with E-state index < -0.39 is 16.4 Å². The third-order valence-corrected chi connectivity index (χ3v) is 18.0. The summed E-state index contributed by atoms with van der Waals surface area (Å²) in [5.41, 5.74) is 30.2. The van der Waals surface area contributed by atoms with Gasteiger partial charge in [-0.2, -0.15) is 48.5 Å². The van der Waals surface area contributed by atoms with Crippen LogP contribution in [0.3, 0.4) is 0 Å². The fraction of sp³-hybridized carbons (Fsp3) is 0.162. The van der Waals surface area contributed by atoms with E-state index in [1.54, 1.807) is 0 Å². The minimum absolute atomic E-state index is 0. The van der Waals surface area contributed by atoms with Crippen LogP contribution < -0.4 is 4.57 Å². The maximum Gasteiger partial charge on any atom is 0.204 e. The van der Waals surface area contributed by atoms with Crippen molar-refractivity contribution in [1.82, 2.24) is 9.55 Å². The molecule has 0 spiro atoms. The van der Waals surface area contributed by atoms with Crippen molar-refractivity contribution in [3.63, 3.8) is 0 Å². The largest absolute Gasteiger partial charge is 0.354 e. The van der Waals surface area contributed by atoms with Gasteiger partial charge in [0, 0.05) is 43.8 Å². The molecule has 0 radical (unpaired) electrons. The predicted molar refractivity (Wildman–Crippen MR) is 311 cm³/mol. The second-order valence-corrected chi connectivity index (χ2v) is 22.2. The predicted octanol–water partition coefficient (Wildman–Crippen LogP) is 15.8. The van der Waals surface area contributed by atoms with Crippen molar-refractivity contribution >= 4 is 0 Å². The van der Waals surface area contributed by atoms with Crippen molar-refractivity contribution in [3.05, 3.63) is 319 Å². The summed E-state index contributed by atoms with van der Waals surface area (Å²) in [6, 6.07) is 75.0. The summed E-state index contributed by atoms with van der Waals surface area (Å²) in [7, 11) is 2.06. The zero-order chi connectivity index (χ0) is 52.7. The van der Waals surface area contributed by atoms with Crippen LogP contribution in [0, 0.1) is 73.8 Å². The molecule has 0 saturated carbocycles. The molecule has 4 heteroatoms. The molecule has 2 heterocycles. The molecule has 0 aliphatic heterocycles. The average molecular weight is 1190 g/mol. The molecule has 2 aromatic heterocycles. The van der Waals surface area contributed by atoms with Gasteiger partial charge in [-0.3, -0.25) is 4.98 Å². The molecule has 3 aliphatic rings. The van der Waals surface area contributed by atoms with Crippen molar-refractivity contribution in [2.75, 3.05) is 0 Å². The topological polar surface area (TPSA) is 21.7 Å². The minimum Gasteiger partial charge on any atom is -0.354 e. The van der Waals surface area contributed by atoms with Gasteiger partial charge >= 0.3 is 0 Å². The third-order valence-electron chi connectivity index (χ3n) is 18.0. The van der Waals surface area contributed by atoms with Gasteiger partial charge in [-0.05, 0) is 191 Å². The normalized spacial score (nSPS) is 14.4. The van der Waals surface area contributed by atoms with Crippen molar-refractivity contribution in [3.8, 4) is 44.5 Å². The maximum absolute atomic E-state index is 5.52. The first-order valence-corrected chi connectivity index (χ1v) is 27.1. The first-order chi connectivity index (χ1) is 37.4. The Morgan fingerprint density at radius 2 is 0.718 bits per heavy atom. The average Bonchev–Trinajstić information content (AvgIpc) is 3.29. The summed E-state index contributed by atoms with van der Waals surface area (Å²) in [6.07, 6.45) is 10.1. The van der Waals surface area contributed by atoms with E-state index in [4.69, 9.17) is 4.98 Å². The van der Waals surface area contributed by atoms with Crippen LogP contribution in [0.25, 0.3) is 44.5 Å². The molecular formula is C74H59N3Pt-2. The Morgan fingerprint density at radius 3 is 1.14 bits per heavy atom. The smallest absolute Gasteiger partial charge is 0.204 e. The standard InChI is InChI=1S/C74H59N3.Pt/c1-45-19-10-20-46(2)65(45)53-37-38-75-64(41-53)73(60-33-13-23-49(5)68(60)69-50(6)24-14-34-61(69)73)56-29-17-27-54(42-56)72(58-31-11-21-47(3)66(58)67-48(4)22-12-32-59(67)72)55-28-18-30-57(43-55)74(77-40-39-76(9)44-77)62-35-15-25-51(7)70(62)71-52(8)26-16-36-63(71)74;/h10-41H,1-9H3;/q-2;. The summed E-state index contributed by atoms with van der Waals surface area (Å²) in [5, 5.41) is 0.